The predicted molar refractivity (Wildman–Crippen MR) is 139 cm³/mol. The first kappa shape index (κ1) is 21.9. The zero-order valence-electron chi connectivity index (χ0n) is 17.1. The van der Waals surface area contributed by atoms with Gasteiger partial charge in [-0.2, -0.15) is 5.10 Å². The number of carbonyl (C=O) groups is 1. The van der Waals surface area contributed by atoms with E-state index in [2.05, 4.69) is 53.0 Å². The number of nitrogens with zero attached hydrogens (tertiary/aromatic N) is 2. The molecular formula is C25H16Br2ClN3O2. The lowest BCUT2D eigenvalue weighted by Gasteiger charge is -2.05. The Hall–Kier alpha value is -2.87. The molecule has 5 rings (SSSR count). The van der Waals surface area contributed by atoms with Crippen molar-refractivity contribution in [3.63, 3.8) is 0 Å². The van der Waals surface area contributed by atoms with Crippen molar-refractivity contribution in [2.45, 2.75) is 6.54 Å². The lowest BCUT2D eigenvalue weighted by atomic mass is 10.2. The fraction of sp³-hybridized carbons (Fsp3) is 0.0400. The summed E-state index contributed by atoms with van der Waals surface area (Å²) in [6, 6.07) is 21.3. The highest BCUT2D eigenvalue weighted by molar-refractivity contribution is 9.11. The van der Waals surface area contributed by atoms with E-state index in [0.29, 0.717) is 17.2 Å². The van der Waals surface area contributed by atoms with Crippen LogP contribution in [0, 0.1) is 0 Å². The van der Waals surface area contributed by atoms with Gasteiger partial charge in [-0.25, -0.2) is 5.43 Å². The zero-order chi connectivity index (χ0) is 22.9. The number of para-hydroxylation sites is 1. The molecule has 5 nitrogen and oxygen atoms in total. The molecule has 0 saturated carbocycles. The molecule has 2 heterocycles. The molecule has 0 aliphatic carbocycles. The first-order valence-corrected chi connectivity index (χ1v) is 12.0. The lowest BCUT2D eigenvalue weighted by molar-refractivity contribution is 0.0929. The molecule has 0 spiro atoms. The van der Waals surface area contributed by atoms with E-state index in [4.69, 9.17) is 16.0 Å². The summed E-state index contributed by atoms with van der Waals surface area (Å²) in [6.45, 7) is 0.696. The summed E-state index contributed by atoms with van der Waals surface area (Å²) in [5.41, 5.74) is 6.28. The van der Waals surface area contributed by atoms with Crippen LogP contribution in [-0.4, -0.2) is 16.7 Å². The van der Waals surface area contributed by atoms with Crippen molar-refractivity contribution < 1.29 is 9.21 Å². The third kappa shape index (κ3) is 4.62. The Morgan fingerprint density at radius 1 is 1.09 bits per heavy atom. The number of amides is 1. The topological polar surface area (TPSA) is 59.5 Å². The molecule has 1 amide bonds. The van der Waals surface area contributed by atoms with Crippen molar-refractivity contribution in [1.29, 1.82) is 0 Å². The third-order valence-electron chi connectivity index (χ3n) is 5.21. The molecular weight excluding hydrogens is 570 g/mol. The highest BCUT2D eigenvalue weighted by Gasteiger charge is 2.14. The van der Waals surface area contributed by atoms with Gasteiger partial charge in [0.25, 0.3) is 0 Å². The number of hydrazone groups is 1. The van der Waals surface area contributed by atoms with Gasteiger partial charge in [0.1, 0.15) is 5.58 Å². The van der Waals surface area contributed by atoms with Crippen LogP contribution >= 0.6 is 43.5 Å². The number of rotatable bonds is 5. The largest absolute Gasteiger partial charge is 0.450 e. The first-order chi connectivity index (χ1) is 16.0. The molecule has 0 unspecified atom stereocenters. The third-order valence-corrected chi connectivity index (χ3v) is 6.51. The van der Waals surface area contributed by atoms with Gasteiger partial charge in [-0.3, -0.25) is 4.79 Å². The van der Waals surface area contributed by atoms with Crippen LogP contribution in [0.25, 0.3) is 21.9 Å². The number of carbonyl (C=O) groups excluding carboxylic acids is 1. The van der Waals surface area contributed by atoms with Crippen LogP contribution in [0.3, 0.4) is 0 Å². The minimum Gasteiger partial charge on any atom is -0.450 e. The molecule has 0 atom stereocenters. The van der Waals surface area contributed by atoms with Crippen molar-refractivity contribution in [3.05, 3.63) is 104 Å². The van der Waals surface area contributed by atoms with E-state index in [9.17, 15) is 4.79 Å². The van der Waals surface area contributed by atoms with Crippen LogP contribution in [-0.2, 0) is 6.54 Å². The number of halogens is 3. The second-order valence-corrected chi connectivity index (χ2v) is 9.68. The molecule has 0 saturated heterocycles. The zero-order valence-corrected chi connectivity index (χ0v) is 21.0. The Bertz CT molecular complexity index is 1520. The van der Waals surface area contributed by atoms with E-state index >= 15 is 0 Å². The fourth-order valence-electron chi connectivity index (χ4n) is 3.70. The Morgan fingerprint density at radius 3 is 2.70 bits per heavy atom. The van der Waals surface area contributed by atoms with Crippen molar-refractivity contribution in [2.75, 3.05) is 0 Å². The van der Waals surface area contributed by atoms with Gasteiger partial charge >= 0.3 is 5.91 Å². The summed E-state index contributed by atoms with van der Waals surface area (Å²) in [5, 5.41) is 6.74. The van der Waals surface area contributed by atoms with E-state index in [1.165, 1.54) is 0 Å². The van der Waals surface area contributed by atoms with E-state index < -0.39 is 5.91 Å². The summed E-state index contributed by atoms with van der Waals surface area (Å²) in [5.74, 6) is -0.235. The van der Waals surface area contributed by atoms with E-state index in [-0.39, 0.29) is 5.76 Å². The Morgan fingerprint density at radius 2 is 1.88 bits per heavy atom. The summed E-state index contributed by atoms with van der Waals surface area (Å²) in [6.07, 6.45) is 3.67. The minimum absolute atomic E-state index is 0.186. The molecule has 3 aromatic carbocycles. The van der Waals surface area contributed by atoms with Crippen LogP contribution in [0.4, 0.5) is 0 Å². The molecule has 0 radical (unpaired) electrons. The number of nitrogens with one attached hydrogen (secondary N) is 1. The molecule has 0 fully saturated rings. The summed E-state index contributed by atoms with van der Waals surface area (Å²) in [7, 11) is 0. The second kappa shape index (κ2) is 9.17. The van der Waals surface area contributed by atoms with Gasteiger partial charge in [0.15, 0.2) is 5.76 Å². The number of fused-ring (bicyclic) bond motifs is 2. The molecule has 0 bridgehead atoms. The standard InChI is InChI=1S/C25H16Br2ClN3O2/c26-18-9-16-10-23(33-24(16)21(27)11-18)25(32)30-29-12-17-14-31(22-4-2-1-3-20(17)22)13-15-5-7-19(28)8-6-15/h1-12,14H,13H2,(H,30,32)/b29-12-. The Labute approximate surface area is 211 Å². The summed E-state index contributed by atoms with van der Waals surface area (Å²) in [4.78, 5) is 12.6. The van der Waals surface area contributed by atoms with Crippen molar-refractivity contribution in [1.82, 2.24) is 9.99 Å². The van der Waals surface area contributed by atoms with E-state index in [0.717, 1.165) is 36.4 Å². The van der Waals surface area contributed by atoms with Crippen molar-refractivity contribution in [3.8, 4) is 0 Å². The van der Waals surface area contributed by atoms with Gasteiger partial charge in [0, 0.05) is 44.1 Å². The van der Waals surface area contributed by atoms with E-state index in [1.54, 1.807) is 12.3 Å². The highest BCUT2D eigenvalue weighted by Crippen LogP contribution is 2.31. The van der Waals surface area contributed by atoms with Gasteiger partial charge in [0.05, 0.1) is 10.7 Å². The maximum Gasteiger partial charge on any atom is 0.307 e. The van der Waals surface area contributed by atoms with Crippen LogP contribution < -0.4 is 5.43 Å². The quantitative estimate of drug-likeness (QED) is 0.173. The lowest BCUT2D eigenvalue weighted by Crippen LogP contribution is -2.16. The summed E-state index contributed by atoms with van der Waals surface area (Å²) >= 11 is 12.9. The number of benzene rings is 3. The molecule has 164 valence electrons. The molecule has 1 N–H and O–H groups in total. The van der Waals surface area contributed by atoms with Gasteiger partial charge in [-0.1, -0.05) is 57.9 Å². The number of aromatic nitrogens is 1. The molecule has 8 heteroatoms. The van der Waals surface area contributed by atoms with Gasteiger partial charge in [-0.05, 0) is 57.9 Å². The van der Waals surface area contributed by atoms with Gasteiger partial charge < -0.3 is 8.98 Å². The van der Waals surface area contributed by atoms with Crippen LogP contribution in [0.1, 0.15) is 21.7 Å². The molecule has 2 aromatic heterocycles. The maximum atomic E-state index is 12.6. The number of furan rings is 1. The van der Waals surface area contributed by atoms with Crippen LogP contribution in [0.2, 0.25) is 5.02 Å². The smallest absolute Gasteiger partial charge is 0.307 e. The highest BCUT2D eigenvalue weighted by atomic mass is 79.9. The Balaban J connectivity index is 1.37. The average Bonchev–Trinajstić information content (AvgIpc) is 3.38. The van der Waals surface area contributed by atoms with Crippen LogP contribution in [0.5, 0.6) is 0 Å². The normalized spacial score (nSPS) is 11.6. The van der Waals surface area contributed by atoms with Crippen molar-refractivity contribution >= 4 is 77.5 Å². The van der Waals surface area contributed by atoms with Gasteiger partial charge in [0.2, 0.25) is 0 Å². The molecule has 0 aliphatic heterocycles. The summed E-state index contributed by atoms with van der Waals surface area (Å²) < 4.78 is 9.51. The van der Waals surface area contributed by atoms with Crippen LogP contribution in [0.15, 0.2) is 91.4 Å². The SMILES string of the molecule is O=C(N/N=C\c1cn(Cc2ccc(Cl)cc2)c2ccccc12)c1cc2cc(Br)cc(Br)c2o1. The van der Waals surface area contributed by atoms with Crippen molar-refractivity contribution in [2.24, 2.45) is 5.10 Å². The van der Waals surface area contributed by atoms with E-state index in [1.807, 2.05) is 60.8 Å². The average molecular weight is 586 g/mol. The minimum atomic E-state index is -0.421. The number of hydrogen-bond donors (Lipinski definition) is 1. The molecule has 0 aliphatic rings. The second-order valence-electron chi connectivity index (χ2n) is 7.47. The monoisotopic (exact) mass is 583 g/mol. The van der Waals surface area contributed by atoms with Gasteiger partial charge in [-0.15, -0.1) is 0 Å². The Kier molecular flexibility index (Phi) is 6.10. The molecule has 5 aromatic rings. The molecule has 33 heavy (non-hydrogen) atoms. The first-order valence-electron chi connectivity index (χ1n) is 10.0. The predicted octanol–water partition coefficient (Wildman–Crippen LogP) is 7.38. The number of hydrogen-bond acceptors (Lipinski definition) is 3. The fourth-order valence-corrected chi connectivity index (χ4v) is 5.16. The maximum absolute atomic E-state index is 12.6.